The highest BCUT2D eigenvalue weighted by Gasteiger charge is 2.08. The normalized spacial score (nSPS) is 11.0. The summed E-state index contributed by atoms with van der Waals surface area (Å²) in [6, 6.07) is 15.7. The zero-order valence-corrected chi connectivity index (χ0v) is 13.9. The van der Waals surface area contributed by atoms with Crippen molar-refractivity contribution in [2.45, 2.75) is 19.8 Å². The molecular formula is C19H19N2O4-. The van der Waals surface area contributed by atoms with Gasteiger partial charge in [0.05, 0.1) is 12.3 Å². The highest BCUT2D eigenvalue weighted by Crippen LogP contribution is 2.14. The van der Waals surface area contributed by atoms with Crippen molar-refractivity contribution >= 4 is 17.6 Å². The molecular weight excluding hydrogens is 320 g/mol. The van der Waals surface area contributed by atoms with Crippen molar-refractivity contribution in [1.29, 1.82) is 0 Å². The van der Waals surface area contributed by atoms with Gasteiger partial charge in [-0.2, -0.15) is 5.10 Å². The molecule has 0 radical (unpaired) electrons. The first-order chi connectivity index (χ1) is 12.1. The van der Waals surface area contributed by atoms with Crippen LogP contribution in [0.4, 0.5) is 0 Å². The molecule has 6 nitrogen and oxygen atoms in total. The van der Waals surface area contributed by atoms with Crippen molar-refractivity contribution in [3.05, 3.63) is 65.7 Å². The molecule has 2 aromatic rings. The largest absolute Gasteiger partial charge is 0.550 e. The third-order valence-electron chi connectivity index (χ3n) is 3.39. The van der Waals surface area contributed by atoms with E-state index in [0.717, 1.165) is 0 Å². The second kappa shape index (κ2) is 9.22. The van der Waals surface area contributed by atoms with Crippen LogP contribution in [0.3, 0.4) is 0 Å². The number of ether oxygens (including phenoxy) is 1. The number of amides is 1. The molecule has 25 heavy (non-hydrogen) atoms. The van der Waals surface area contributed by atoms with E-state index in [0.29, 0.717) is 29.2 Å². The maximum Gasteiger partial charge on any atom is 0.271 e. The Morgan fingerprint density at radius 1 is 1.00 bits per heavy atom. The lowest BCUT2D eigenvalue weighted by Crippen LogP contribution is -2.24. The second-order valence-corrected chi connectivity index (χ2v) is 5.19. The van der Waals surface area contributed by atoms with Crippen LogP contribution in [-0.2, 0) is 4.79 Å². The SMILES string of the molecule is CCOc1ccc(/C(CCC(=O)[O-])=N\NC(=O)c2ccccc2)cc1. The third kappa shape index (κ3) is 5.76. The average Bonchev–Trinajstić information content (AvgIpc) is 2.63. The van der Waals surface area contributed by atoms with Crippen LogP contribution >= 0.6 is 0 Å². The Kier molecular flexibility index (Phi) is 6.71. The van der Waals surface area contributed by atoms with E-state index in [4.69, 9.17) is 4.74 Å². The predicted molar refractivity (Wildman–Crippen MR) is 92.3 cm³/mol. The third-order valence-corrected chi connectivity index (χ3v) is 3.39. The molecule has 0 unspecified atom stereocenters. The van der Waals surface area contributed by atoms with Crippen molar-refractivity contribution in [2.24, 2.45) is 5.10 Å². The first kappa shape index (κ1) is 18.2. The Labute approximate surface area is 146 Å². The number of carbonyl (C=O) groups is 2. The van der Waals surface area contributed by atoms with Gasteiger partial charge in [-0.25, -0.2) is 5.43 Å². The Morgan fingerprint density at radius 2 is 1.68 bits per heavy atom. The van der Waals surface area contributed by atoms with Crippen LogP contribution < -0.4 is 15.3 Å². The Bertz CT molecular complexity index is 740. The number of hydrogen-bond acceptors (Lipinski definition) is 5. The van der Waals surface area contributed by atoms with Crippen molar-refractivity contribution in [3.8, 4) is 5.75 Å². The molecule has 0 saturated carbocycles. The topological polar surface area (TPSA) is 90.8 Å². The number of benzene rings is 2. The van der Waals surface area contributed by atoms with Crippen LogP contribution in [0.2, 0.25) is 0 Å². The standard InChI is InChI=1S/C19H20N2O4/c1-2-25-16-10-8-14(9-11-16)17(12-13-18(22)23)20-21-19(24)15-6-4-3-5-7-15/h3-11H,2,12-13H2,1H3,(H,21,24)(H,22,23)/p-1/b20-17-. The Balaban J connectivity index is 2.16. The summed E-state index contributed by atoms with van der Waals surface area (Å²) in [4.78, 5) is 22.9. The first-order valence-corrected chi connectivity index (χ1v) is 7.95. The van der Waals surface area contributed by atoms with Gasteiger partial charge in [0.2, 0.25) is 0 Å². The van der Waals surface area contributed by atoms with E-state index in [-0.39, 0.29) is 18.7 Å². The number of hydrazone groups is 1. The van der Waals surface area contributed by atoms with Gasteiger partial charge in [-0.3, -0.25) is 4.79 Å². The number of carboxylic acid groups (broad SMARTS) is 1. The maximum atomic E-state index is 12.1. The summed E-state index contributed by atoms with van der Waals surface area (Å²) in [5.74, 6) is -0.829. The van der Waals surface area contributed by atoms with E-state index < -0.39 is 5.97 Å². The van der Waals surface area contributed by atoms with Gasteiger partial charge in [0.1, 0.15) is 5.75 Å². The smallest absolute Gasteiger partial charge is 0.271 e. The Hall–Kier alpha value is -3.15. The zero-order valence-electron chi connectivity index (χ0n) is 13.9. The number of nitrogens with one attached hydrogen (secondary N) is 1. The van der Waals surface area contributed by atoms with E-state index in [1.807, 2.05) is 13.0 Å². The molecule has 0 aliphatic rings. The zero-order chi connectivity index (χ0) is 18.1. The van der Waals surface area contributed by atoms with Crippen LogP contribution in [0.25, 0.3) is 0 Å². The predicted octanol–water partition coefficient (Wildman–Crippen LogP) is 1.75. The molecule has 0 atom stereocenters. The molecule has 2 rings (SSSR count). The van der Waals surface area contributed by atoms with E-state index in [1.54, 1.807) is 48.5 Å². The molecule has 0 saturated heterocycles. The monoisotopic (exact) mass is 339 g/mol. The second-order valence-electron chi connectivity index (χ2n) is 5.19. The van der Waals surface area contributed by atoms with E-state index in [2.05, 4.69) is 10.5 Å². The molecule has 0 aliphatic carbocycles. The van der Waals surface area contributed by atoms with Crippen LogP contribution in [0.1, 0.15) is 35.7 Å². The van der Waals surface area contributed by atoms with Crippen molar-refractivity contribution in [2.75, 3.05) is 6.61 Å². The lowest BCUT2D eigenvalue weighted by Gasteiger charge is -2.10. The van der Waals surface area contributed by atoms with Gasteiger partial charge in [0.25, 0.3) is 5.91 Å². The number of carbonyl (C=O) groups excluding carboxylic acids is 2. The summed E-state index contributed by atoms with van der Waals surface area (Å²) >= 11 is 0. The minimum Gasteiger partial charge on any atom is -0.550 e. The van der Waals surface area contributed by atoms with Gasteiger partial charge in [-0.15, -0.1) is 0 Å². The summed E-state index contributed by atoms with van der Waals surface area (Å²) in [5.41, 5.74) is 4.10. The molecule has 130 valence electrons. The first-order valence-electron chi connectivity index (χ1n) is 7.95. The maximum absolute atomic E-state index is 12.1. The highest BCUT2D eigenvalue weighted by molar-refractivity contribution is 6.03. The number of rotatable bonds is 8. The van der Waals surface area contributed by atoms with Crippen molar-refractivity contribution < 1.29 is 19.4 Å². The van der Waals surface area contributed by atoms with Gasteiger partial charge in [-0.05, 0) is 61.7 Å². The van der Waals surface area contributed by atoms with E-state index in [1.165, 1.54) is 0 Å². The van der Waals surface area contributed by atoms with Crippen LogP contribution in [0.5, 0.6) is 5.75 Å². The van der Waals surface area contributed by atoms with Crippen LogP contribution in [0.15, 0.2) is 59.7 Å². The van der Waals surface area contributed by atoms with Crippen molar-refractivity contribution in [1.82, 2.24) is 5.43 Å². The summed E-state index contributed by atoms with van der Waals surface area (Å²) in [6.07, 6.45) is -0.0430. The number of nitrogens with zero attached hydrogens (tertiary/aromatic N) is 1. The van der Waals surface area contributed by atoms with Crippen LogP contribution in [-0.4, -0.2) is 24.2 Å². The molecule has 0 aliphatic heterocycles. The summed E-state index contributed by atoms with van der Waals surface area (Å²) in [6.45, 7) is 2.44. The van der Waals surface area contributed by atoms with Gasteiger partial charge in [0.15, 0.2) is 0 Å². The summed E-state index contributed by atoms with van der Waals surface area (Å²) in [5, 5.41) is 14.9. The molecule has 0 spiro atoms. The number of hydrogen-bond donors (Lipinski definition) is 1. The summed E-state index contributed by atoms with van der Waals surface area (Å²) < 4.78 is 5.38. The fraction of sp³-hybridized carbons (Fsp3) is 0.211. The summed E-state index contributed by atoms with van der Waals surface area (Å²) in [7, 11) is 0. The quantitative estimate of drug-likeness (QED) is 0.586. The molecule has 6 heteroatoms. The number of aliphatic carboxylic acids is 1. The molecule has 2 aromatic carbocycles. The van der Waals surface area contributed by atoms with E-state index in [9.17, 15) is 14.7 Å². The molecule has 0 heterocycles. The van der Waals surface area contributed by atoms with Gasteiger partial charge < -0.3 is 14.6 Å². The lowest BCUT2D eigenvalue weighted by molar-refractivity contribution is -0.305. The molecule has 0 fully saturated rings. The molecule has 1 amide bonds. The highest BCUT2D eigenvalue weighted by atomic mass is 16.5. The van der Waals surface area contributed by atoms with Gasteiger partial charge in [-0.1, -0.05) is 18.2 Å². The minimum atomic E-state index is -1.17. The van der Waals surface area contributed by atoms with Gasteiger partial charge >= 0.3 is 0 Å². The Morgan fingerprint density at radius 3 is 2.28 bits per heavy atom. The fourth-order valence-electron chi connectivity index (χ4n) is 2.17. The number of carboxylic acids is 1. The minimum absolute atomic E-state index is 0.144. The fourth-order valence-corrected chi connectivity index (χ4v) is 2.17. The van der Waals surface area contributed by atoms with Crippen LogP contribution in [0, 0.1) is 0 Å². The molecule has 0 aromatic heterocycles. The average molecular weight is 339 g/mol. The van der Waals surface area contributed by atoms with Crippen molar-refractivity contribution in [3.63, 3.8) is 0 Å². The van der Waals surface area contributed by atoms with E-state index >= 15 is 0 Å². The molecule has 0 bridgehead atoms. The van der Waals surface area contributed by atoms with Gasteiger partial charge in [0, 0.05) is 11.5 Å². The molecule has 1 N–H and O–H groups in total. The lowest BCUT2D eigenvalue weighted by atomic mass is 10.1.